The Balaban J connectivity index is 0.000000648. The van der Waals surface area contributed by atoms with Crippen molar-refractivity contribution < 1.29 is 63.8 Å². The first-order valence-corrected chi connectivity index (χ1v) is 30.8. The Morgan fingerprint density at radius 3 is 2.03 bits per heavy atom. The fourth-order valence-electron chi connectivity index (χ4n) is 9.33. The lowest BCUT2D eigenvalue weighted by Crippen LogP contribution is -2.62. The van der Waals surface area contributed by atoms with Crippen molar-refractivity contribution in [3.8, 4) is 0 Å². The number of nitrogen functional groups attached to an aromatic ring is 1. The predicted octanol–water partition coefficient (Wildman–Crippen LogP) is -2.94. The van der Waals surface area contributed by atoms with Gasteiger partial charge in [-0.3, -0.25) is 38.1 Å². The zero-order valence-electron chi connectivity index (χ0n) is 48.0. The Kier molecular flexibility index (Phi) is 26.9. The summed E-state index contributed by atoms with van der Waals surface area (Å²) in [6.07, 6.45) is -0.897. The van der Waals surface area contributed by atoms with Crippen LogP contribution in [-0.4, -0.2) is 190 Å². The molecule has 5 aromatic rings. The quantitative estimate of drug-likeness (QED) is 0.0290. The van der Waals surface area contributed by atoms with Gasteiger partial charge in [-0.15, -0.1) is 0 Å². The normalized spacial score (nSPS) is 24.1. The van der Waals surface area contributed by atoms with Crippen LogP contribution in [-0.2, 0) is 57.6 Å². The van der Waals surface area contributed by atoms with E-state index < -0.39 is 133 Å². The molecule has 3 aromatic carbocycles. The van der Waals surface area contributed by atoms with Crippen LogP contribution in [0.25, 0.3) is 10.9 Å². The van der Waals surface area contributed by atoms with Gasteiger partial charge in [0.15, 0.2) is 0 Å². The van der Waals surface area contributed by atoms with E-state index in [1.807, 2.05) is 30.3 Å². The minimum absolute atomic E-state index is 0.0340. The molecule has 0 radical (unpaired) electrons. The second kappa shape index (κ2) is 34.1. The van der Waals surface area contributed by atoms with Crippen molar-refractivity contribution in [1.82, 2.24) is 56.7 Å². The molecule has 472 valence electrons. The van der Waals surface area contributed by atoms with Gasteiger partial charge in [0.1, 0.15) is 54.9 Å². The van der Waals surface area contributed by atoms with Crippen molar-refractivity contribution >= 4 is 79.8 Å². The van der Waals surface area contributed by atoms with Gasteiger partial charge in [-0.1, -0.05) is 100 Å². The van der Waals surface area contributed by atoms with Gasteiger partial charge in [0, 0.05) is 47.9 Å². The van der Waals surface area contributed by atoms with Crippen LogP contribution >= 0.6 is 21.6 Å². The summed E-state index contributed by atoms with van der Waals surface area (Å²) in [7, 11) is 2.06. The van der Waals surface area contributed by atoms with Crippen molar-refractivity contribution in [2.45, 2.75) is 138 Å². The van der Waals surface area contributed by atoms with Crippen LogP contribution in [0.5, 0.6) is 0 Å². The number of anilines is 1. The number of amides is 7. The molecule has 0 spiro atoms. The van der Waals surface area contributed by atoms with E-state index in [0.29, 0.717) is 24.0 Å². The molecule has 2 fully saturated rings. The average Bonchev–Trinajstić information content (AvgIpc) is 2.48. The molecule has 0 bridgehead atoms. The topological polar surface area (TPSA) is 456 Å². The molecule has 13 atom stereocenters. The number of aliphatic hydroxyl groups excluding tert-OH is 5. The van der Waals surface area contributed by atoms with Crippen LogP contribution in [0.2, 0.25) is 0 Å². The van der Waals surface area contributed by atoms with Gasteiger partial charge < -0.3 is 89.7 Å². The number of carbonyl (C=O) groups excluding carboxylic acids is 7. The summed E-state index contributed by atoms with van der Waals surface area (Å²) in [5, 5.41) is 68.9. The number of aliphatic hydroxyl groups is 5. The summed E-state index contributed by atoms with van der Waals surface area (Å²) in [6.45, 7) is 1.92. The second-order valence-electron chi connectivity index (χ2n) is 21.0. The van der Waals surface area contributed by atoms with Crippen molar-refractivity contribution in [3.05, 3.63) is 125 Å². The molecular formula is C57H78N14O14S2. The number of hydrogen-bond donors (Lipinski definition) is 16. The minimum Gasteiger partial charge on any atom is -0.394 e. The van der Waals surface area contributed by atoms with E-state index in [1.165, 1.54) is 20.2 Å². The summed E-state index contributed by atoms with van der Waals surface area (Å²) in [4.78, 5) is 121. The molecule has 0 unspecified atom stereocenters. The van der Waals surface area contributed by atoms with E-state index in [2.05, 4.69) is 52.2 Å². The Hall–Kier alpha value is -7.52. The fourth-order valence-corrected chi connectivity index (χ4v) is 11.7. The Bertz CT molecular complexity index is 3130. The first kappa shape index (κ1) is 68.6. The van der Waals surface area contributed by atoms with Crippen molar-refractivity contribution in [3.63, 3.8) is 0 Å². The van der Waals surface area contributed by atoms with Gasteiger partial charge in [-0.25, -0.2) is 9.78 Å². The number of nitrogens with zero attached hydrogens (tertiary/aromatic N) is 3. The largest absolute Gasteiger partial charge is 0.394 e. The molecule has 30 heteroatoms. The third-order valence-corrected chi connectivity index (χ3v) is 16.7. The summed E-state index contributed by atoms with van der Waals surface area (Å²) < 4.78 is 6.41. The molecule has 19 N–H and O–H groups in total. The molecular weight excluding hydrogens is 1170 g/mol. The van der Waals surface area contributed by atoms with Gasteiger partial charge in [-0.2, -0.15) is 4.98 Å². The van der Waals surface area contributed by atoms with E-state index in [-0.39, 0.29) is 62.7 Å². The number of rotatable bonds is 19. The standard InChI is InChI=1S/C49H66N10O10S2.C8H12N4O4/c1-28(61)39(25-60)56-48(68)41-27-71-70-26-40(57-43(63)34(51)21-30-13-5-3-6-14-30)47(67)54-37(22-31-15-7-4-8-16-31)45(65)55-38(23-32-24-52-35-18-10-9-17-33(32)35)46(66)53-36(19-11-12-20-50)44(64)59-42(29(2)62)49(69)58-41;9-7-10-3-12(8(15)11-7)6-1-4(14)5(2-13)16-6/h3-10,13-18,24,28-29,34,36-42,52,60-62H,11-12,19-23,25-27,50-51H2,1-2H3,(H,53,66)(H,54,67)(H,55,65)(H,56,68)(H,57,63)(H,58,69)(H,59,64);3-6,13-14H,1-2H2,(H2,9,11,15)/t28-,29-,34-,36+,37+,38-,39-,40+,41+,42+;4-,5+,6+/m10/s1. The summed E-state index contributed by atoms with van der Waals surface area (Å²) in [5.41, 5.74) is 19.6. The zero-order valence-corrected chi connectivity index (χ0v) is 49.7. The van der Waals surface area contributed by atoms with Gasteiger partial charge in [-0.05, 0) is 68.8 Å². The zero-order chi connectivity index (χ0) is 63.2. The van der Waals surface area contributed by atoms with E-state index in [0.717, 1.165) is 42.6 Å². The highest BCUT2D eigenvalue weighted by Crippen LogP contribution is 2.27. The van der Waals surface area contributed by atoms with Crippen LogP contribution < -0.4 is 60.1 Å². The van der Waals surface area contributed by atoms with Gasteiger partial charge in [0.2, 0.25) is 47.3 Å². The van der Waals surface area contributed by atoms with E-state index >= 15 is 0 Å². The third kappa shape index (κ3) is 20.5. The highest BCUT2D eigenvalue weighted by Gasteiger charge is 2.38. The Labute approximate surface area is 509 Å². The number of nitrogens with one attached hydrogen (secondary N) is 8. The molecule has 0 aliphatic carbocycles. The first-order chi connectivity index (χ1) is 41.7. The maximum absolute atomic E-state index is 14.7. The highest BCUT2D eigenvalue weighted by molar-refractivity contribution is 8.76. The smallest absolute Gasteiger partial charge is 0.354 e. The molecule has 4 heterocycles. The predicted molar refractivity (Wildman–Crippen MR) is 324 cm³/mol. The summed E-state index contributed by atoms with van der Waals surface area (Å²) in [5.74, 6) is -6.12. The molecule has 87 heavy (non-hydrogen) atoms. The monoisotopic (exact) mass is 1250 g/mol. The van der Waals surface area contributed by atoms with Crippen LogP contribution in [0.3, 0.4) is 0 Å². The number of hydrogen-bond acceptors (Lipinski definition) is 21. The third-order valence-electron chi connectivity index (χ3n) is 14.3. The van der Waals surface area contributed by atoms with Gasteiger partial charge >= 0.3 is 5.69 Å². The van der Waals surface area contributed by atoms with E-state index in [4.69, 9.17) is 27.0 Å². The van der Waals surface area contributed by atoms with Crippen molar-refractivity contribution in [2.24, 2.45) is 11.5 Å². The number of fused-ring (bicyclic) bond motifs is 1. The minimum atomic E-state index is -1.66. The lowest BCUT2D eigenvalue weighted by molar-refractivity contribution is -0.136. The first-order valence-electron chi connectivity index (χ1n) is 28.3. The number of unbranched alkanes of at least 4 members (excludes halogenated alkanes) is 1. The SMILES string of the molecule is C[C@@H](O)[C@@H]1NC(=O)[C@H](CCCCN)NC(=O)[C@@H](Cc2c[nH]c3ccccc23)NC(=O)[C@H](Cc2ccccc2)NC(=O)[C@@H](NC(=O)[C@H](N)Cc2ccccc2)CSSC[C@@H](C(=O)N[C@H](CO)[C@@H](C)O)NC1=O.Nc1ncn([C@H]2C[C@H](O)[C@@H](CO)O2)c(=O)n1. The molecule has 2 saturated heterocycles. The second-order valence-corrected chi connectivity index (χ2v) is 23.5. The number of carbonyl (C=O) groups is 7. The Morgan fingerprint density at radius 1 is 0.782 bits per heavy atom. The fraction of sp³-hybridized carbons (Fsp3) is 0.474. The number of nitrogens with two attached hydrogens (primary N) is 3. The lowest BCUT2D eigenvalue weighted by atomic mass is 10.0. The van der Waals surface area contributed by atoms with Gasteiger partial charge in [0.25, 0.3) is 0 Å². The summed E-state index contributed by atoms with van der Waals surface area (Å²) in [6, 6.07) is 14.6. The lowest BCUT2D eigenvalue weighted by Gasteiger charge is -2.29. The van der Waals surface area contributed by atoms with Crippen molar-refractivity contribution in [1.29, 1.82) is 0 Å². The van der Waals surface area contributed by atoms with Crippen LogP contribution in [0, 0.1) is 0 Å². The number of H-pyrrole nitrogens is 1. The molecule has 0 saturated carbocycles. The Morgan fingerprint density at radius 2 is 1.40 bits per heavy atom. The van der Waals surface area contributed by atoms with E-state index in [1.54, 1.807) is 60.8 Å². The van der Waals surface area contributed by atoms with Crippen LogP contribution in [0.15, 0.2) is 102 Å². The maximum atomic E-state index is 14.7. The number of aromatic amines is 1. The van der Waals surface area contributed by atoms with Crippen molar-refractivity contribution in [2.75, 3.05) is 37.0 Å². The molecule has 7 rings (SSSR count). The highest BCUT2D eigenvalue weighted by atomic mass is 33.1. The molecule has 7 amide bonds. The molecule has 2 aliphatic heterocycles. The number of para-hydroxylation sites is 1. The average molecular weight is 1250 g/mol. The summed E-state index contributed by atoms with van der Waals surface area (Å²) >= 11 is 0. The number of benzene rings is 3. The van der Waals surface area contributed by atoms with Crippen LogP contribution in [0.1, 0.15) is 62.4 Å². The molecule has 2 aromatic heterocycles. The van der Waals surface area contributed by atoms with Gasteiger partial charge in [0.05, 0.1) is 43.6 Å². The molecule has 28 nitrogen and oxygen atoms in total. The number of aromatic nitrogens is 4. The van der Waals surface area contributed by atoms with Crippen LogP contribution in [0.4, 0.5) is 5.95 Å². The maximum Gasteiger partial charge on any atom is 0.354 e. The molecule has 2 aliphatic rings. The number of ether oxygens (including phenoxy) is 1. The van der Waals surface area contributed by atoms with E-state index in [9.17, 15) is 58.8 Å².